The van der Waals surface area contributed by atoms with Gasteiger partial charge in [-0.25, -0.2) is 4.79 Å². The molecule has 2 amide bonds. The molecule has 6 nitrogen and oxygen atoms in total. The molecule has 1 aliphatic carbocycles. The highest BCUT2D eigenvalue weighted by atomic mass is 16.5. The van der Waals surface area contributed by atoms with Gasteiger partial charge < -0.3 is 20.1 Å². The summed E-state index contributed by atoms with van der Waals surface area (Å²) < 4.78 is 5.24. The summed E-state index contributed by atoms with van der Waals surface area (Å²) >= 11 is 0. The van der Waals surface area contributed by atoms with Gasteiger partial charge in [-0.2, -0.15) is 0 Å². The highest BCUT2D eigenvalue weighted by Crippen LogP contribution is 2.37. The largest absolute Gasteiger partial charge is 0.481 e. The van der Waals surface area contributed by atoms with Crippen molar-refractivity contribution >= 4 is 12.0 Å². The quantitative estimate of drug-likeness (QED) is 0.811. The molecular weight excluding hydrogens is 260 g/mol. The van der Waals surface area contributed by atoms with Crippen LogP contribution in [0, 0.1) is 11.3 Å². The summed E-state index contributed by atoms with van der Waals surface area (Å²) in [5.74, 6) is -0.175. The molecule has 3 aliphatic rings. The number of nitrogens with zero attached hydrogens (tertiary/aromatic N) is 1. The minimum Gasteiger partial charge on any atom is -0.481 e. The van der Waals surface area contributed by atoms with E-state index in [9.17, 15) is 14.7 Å². The Morgan fingerprint density at radius 2 is 2.05 bits per heavy atom. The van der Waals surface area contributed by atoms with Crippen molar-refractivity contribution in [1.82, 2.24) is 10.2 Å². The zero-order valence-electron chi connectivity index (χ0n) is 11.6. The second-order valence-electron chi connectivity index (χ2n) is 6.34. The van der Waals surface area contributed by atoms with E-state index in [1.165, 1.54) is 6.42 Å². The Morgan fingerprint density at radius 1 is 1.30 bits per heavy atom. The SMILES string of the molecule is O=C(NCC1(C(=O)O)CCOCC1)N1CC2CCC1C2. The van der Waals surface area contributed by atoms with Crippen LogP contribution in [0.2, 0.25) is 0 Å². The van der Waals surface area contributed by atoms with E-state index in [-0.39, 0.29) is 12.6 Å². The van der Waals surface area contributed by atoms with Crippen LogP contribution in [0.4, 0.5) is 4.79 Å². The van der Waals surface area contributed by atoms with E-state index in [2.05, 4.69) is 5.32 Å². The fourth-order valence-corrected chi connectivity index (χ4v) is 3.75. The Labute approximate surface area is 118 Å². The Balaban J connectivity index is 1.57. The molecular formula is C14H22N2O4. The van der Waals surface area contributed by atoms with Gasteiger partial charge in [-0.1, -0.05) is 0 Å². The zero-order chi connectivity index (χ0) is 14.2. The van der Waals surface area contributed by atoms with Crippen LogP contribution in [-0.4, -0.2) is 54.4 Å². The van der Waals surface area contributed by atoms with Gasteiger partial charge in [-0.3, -0.25) is 4.79 Å². The van der Waals surface area contributed by atoms with Gasteiger partial charge in [0.1, 0.15) is 0 Å². The Hall–Kier alpha value is -1.30. The monoisotopic (exact) mass is 282 g/mol. The zero-order valence-corrected chi connectivity index (χ0v) is 11.6. The van der Waals surface area contributed by atoms with Crippen molar-refractivity contribution in [3.63, 3.8) is 0 Å². The number of fused-ring (bicyclic) bond motifs is 2. The van der Waals surface area contributed by atoms with E-state index in [4.69, 9.17) is 4.74 Å². The number of likely N-dealkylation sites (tertiary alicyclic amines) is 1. The van der Waals surface area contributed by atoms with E-state index < -0.39 is 11.4 Å². The van der Waals surface area contributed by atoms with Crippen LogP contribution < -0.4 is 5.32 Å². The lowest BCUT2D eigenvalue weighted by atomic mass is 9.80. The molecule has 0 aromatic heterocycles. The number of amides is 2. The van der Waals surface area contributed by atoms with Crippen molar-refractivity contribution in [3.8, 4) is 0 Å². The summed E-state index contributed by atoms with van der Waals surface area (Å²) in [4.78, 5) is 25.6. The number of rotatable bonds is 3. The van der Waals surface area contributed by atoms with Crippen LogP contribution in [0.1, 0.15) is 32.1 Å². The number of carboxylic acid groups (broad SMARTS) is 1. The first-order valence-electron chi connectivity index (χ1n) is 7.46. The molecule has 0 aromatic carbocycles. The van der Waals surface area contributed by atoms with Crippen LogP contribution >= 0.6 is 0 Å². The lowest BCUT2D eigenvalue weighted by Crippen LogP contribution is -2.51. The lowest BCUT2D eigenvalue weighted by Gasteiger charge is -2.34. The van der Waals surface area contributed by atoms with Crippen molar-refractivity contribution < 1.29 is 19.4 Å². The summed E-state index contributed by atoms with van der Waals surface area (Å²) in [6.07, 6.45) is 4.37. The summed E-state index contributed by atoms with van der Waals surface area (Å²) in [5, 5.41) is 12.3. The molecule has 20 heavy (non-hydrogen) atoms. The average molecular weight is 282 g/mol. The fourth-order valence-electron chi connectivity index (χ4n) is 3.75. The van der Waals surface area contributed by atoms with Gasteiger partial charge in [0.15, 0.2) is 0 Å². The number of nitrogens with one attached hydrogen (secondary N) is 1. The molecule has 2 unspecified atom stereocenters. The van der Waals surface area contributed by atoms with Crippen molar-refractivity contribution in [2.45, 2.75) is 38.1 Å². The molecule has 2 bridgehead atoms. The maximum absolute atomic E-state index is 12.2. The molecule has 0 spiro atoms. The molecule has 0 aromatic rings. The molecule has 2 N–H and O–H groups in total. The molecule has 112 valence electrons. The van der Waals surface area contributed by atoms with Crippen LogP contribution in [0.3, 0.4) is 0 Å². The van der Waals surface area contributed by atoms with Crippen molar-refractivity contribution in [1.29, 1.82) is 0 Å². The maximum Gasteiger partial charge on any atom is 0.317 e. The molecule has 6 heteroatoms. The second-order valence-corrected chi connectivity index (χ2v) is 6.34. The van der Waals surface area contributed by atoms with Gasteiger partial charge in [0.05, 0.1) is 5.41 Å². The fraction of sp³-hybridized carbons (Fsp3) is 0.857. The standard InChI is InChI=1S/C14H22N2O4/c17-12(18)14(3-5-20-6-4-14)9-15-13(19)16-8-10-1-2-11(16)7-10/h10-11H,1-9H2,(H,15,19)(H,17,18). The van der Waals surface area contributed by atoms with E-state index >= 15 is 0 Å². The first kappa shape index (κ1) is 13.7. The number of carboxylic acids is 1. The van der Waals surface area contributed by atoms with Crippen LogP contribution in [-0.2, 0) is 9.53 Å². The number of urea groups is 1. The average Bonchev–Trinajstić information content (AvgIpc) is 3.08. The maximum atomic E-state index is 12.2. The van der Waals surface area contributed by atoms with Gasteiger partial charge in [0.25, 0.3) is 0 Å². The summed E-state index contributed by atoms with van der Waals surface area (Å²) in [5.41, 5.74) is -0.855. The van der Waals surface area contributed by atoms with Gasteiger partial charge >= 0.3 is 12.0 Å². The highest BCUT2D eigenvalue weighted by Gasteiger charge is 2.43. The van der Waals surface area contributed by atoms with Gasteiger partial charge in [-0.05, 0) is 38.0 Å². The van der Waals surface area contributed by atoms with Crippen molar-refractivity contribution in [2.24, 2.45) is 11.3 Å². The topological polar surface area (TPSA) is 78.9 Å². The number of hydrogen-bond donors (Lipinski definition) is 2. The number of aliphatic carboxylic acids is 1. The molecule has 2 heterocycles. The van der Waals surface area contributed by atoms with Gasteiger partial charge in [0, 0.05) is 32.3 Å². The van der Waals surface area contributed by atoms with Crippen LogP contribution in [0.15, 0.2) is 0 Å². The van der Waals surface area contributed by atoms with E-state index in [0.29, 0.717) is 38.0 Å². The number of carbonyl (C=O) groups excluding carboxylic acids is 1. The third-order valence-corrected chi connectivity index (χ3v) is 5.15. The molecule has 3 rings (SSSR count). The number of piperidine rings is 1. The highest BCUT2D eigenvalue weighted by molar-refractivity contribution is 5.78. The smallest absolute Gasteiger partial charge is 0.317 e. The summed E-state index contributed by atoms with van der Waals surface area (Å²) in [7, 11) is 0. The molecule has 1 saturated carbocycles. The Morgan fingerprint density at radius 3 is 2.60 bits per heavy atom. The van der Waals surface area contributed by atoms with Crippen LogP contribution in [0.25, 0.3) is 0 Å². The summed E-state index contributed by atoms with van der Waals surface area (Å²) in [6.45, 7) is 1.95. The Kier molecular flexibility index (Phi) is 3.58. The predicted molar refractivity (Wildman–Crippen MR) is 71.4 cm³/mol. The van der Waals surface area contributed by atoms with E-state index in [0.717, 1.165) is 19.4 Å². The predicted octanol–water partition coefficient (Wildman–Crippen LogP) is 1.06. The minimum atomic E-state index is -0.855. The van der Waals surface area contributed by atoms with Crippen molar-refractivity contribution in [3.05, 3.63) is 0 Å². The molecule has 0 radical (unpaired) electrons. The summed E-state index contributed by atoms with van der Waals surface area (Å²) in [6, 6.07) is 0.278. The van der Waals surface area contributed by atoms with Gasteiger partial charge in [-0.15, -0.1) is 0 Å². The number of ether oxygens (including phenoxy) is 1. The molecule has 2 saturated heterocycles. The third kappa shape index (κ3) is 2.37. The van der Waals surface area contributed by atoms with E-state index in [1.54, 1.807) is 0 Å². The van der Waals surface area contributed by atoms with Crippen LogP contribution in [0.5, 0.6) is 0 Å². The number of carbonyl (C=O) groups is 2. The third-order valence-electron chi connectivity index (χ3n) is 5.15. The molecule has 2 atom stereocenters. The van der Waals surface area contributed by atoms with E-state index in [1.807, 2.05) is 4.90 Å². The molecule has 3 fully saturated rings. The number of hydrogen-bond acceptors (Lipinski definition) is 3. The Bertz CT molecular complexity index is 406. The first-order chi connectivity index (χ1) is 9.61. The second kappa shape index (κ2) is 5.24. The molecule has 2 aliphatic heterocycles. The lowest BCUT2D eigenvalue weighted by molar-refractivity contribution is -0.154. The van der Waals surface area contributed by atoms with Crippen molar-refractivity contribution in [2.75, 3.05) is 26.3 Å². The first-order valence-corrected chi connectivity index (χ1v) is 7.46. The van der Waals surface area contributed by atoms with Gasteiger partial charge in [0.2, 0.25) is 0 Å². The minimum absolute atomic E-state index is 0.0932. The normalized spacial score (nSPS) is 31.3.